The van der Waals surface area contributed by atoms with E-state index >= 15 is 0 Å². The molecule has 0 aliphatic carbocycles. The Morgan fingerprint density at radius 3 is 2.54 bits per heavy atom. The molecule has 2 heterocycles. The Bertz CT molecular complexity index is 809. The Hall–Kier alpha value is -2.86. The van der Waals surface area contributed by atoms with Gasteiger partial charge in [-0.2, -0.15) is 0 Å². The highest BCUT2D eigenvalue weighted by Gasteiger charge is 2.13. The molecular formula is C18H16N2O3S. The van der Waals surface area contributed by atoms with Crippen LogP contribution in [0, 0.1) is 0 Å². The van der Waals surface area contributed by atoms with E-state index in [-0.39, 0.29) is 17.6 Å². The minimum atomic E-state index is -0.325. The third kappa shape index (κ3) is 3.72. The first-order chi connectivity index (χ1) is 11.6. The van der Waals surface area contributed by atoms with Crippen molar-refractivity contribution in [2.75, 3.05) is 12.4 Å². The van der Waals surface area contributed by atoms with Gasteiger partial charge in [0.2, 0.25) is 0 Å². The SMILES string of the molecule is CN(Cc1cccs1)C(=O)c1ccc(NC(=O)c2ccco2)cc1. The van der Waals surface area contributed by atoms with Crippen LogP contribution in [0.25, 0.3) is 0 Å². The van der Waals surface area contributed by atoms with E-state index in [2.05, 4.69) is 5.32 Å². The smallest absolute Gasteiger partial charge is 0.291 e. The molecule has 0 saturated carbocycles. The number of benzene rings is 1. The minimum Gasteiger partial charge on any atom is -0.459 e. The van der Waals surface area contributed by atoms with Crippen LogP contribution < -0.4 is 5.32 Å². The Labute approximate surface area is 143 Å². The summed E-state index contributed by atoms with van der Waals surface area (Å²) in [6.07, 6.45) is 1.44. The Balaban J connectivity index is 1.63. The molecule has 24 heavy (non-hydrogen) atoms. The van der Waals surface area contributed by atoms with Crippen molar-refractivity contribution in [3.63, 3.8) is 0 Å². The third-order valence-electron chi connectivity index (χ3n) is 3.45. The lowest BCUT2D eigenvalue weighted by atomic mass is 10.2. The van der Waals surface area contributed by atoms with Crippen LogP contribution in [0.5, 0.6) is 0 Å². The van der Waals surface area contributed by atoms with Crippen LogP contribution in [0.15, 0.2) is 64.6 Å². The van der Waals surface area contributed by atoms with Gasteiger partial charge in [0.05, 0.1) is 12.8 Å². The molecule has 3 aromatic rings. The van der Waals surface area contributed by atoms with Gasteiger partial charge < -0.3 is 14.6 Å². The maximum absolute atomic E-state index is 12.4. The van der Waals surface area contributed by atoms with Crippen molar-refractivity contribution in [2.45, 2.75) is 6.54 Å². The Morgan fingerprint density at radius 1 is 1.12 bits per heavy atom. The summed E-state index contributed by atoms with van der Waals surface area (Å²) in [6, 6.07) is 14.0. The molecule has 0 unspecified atom stereocenters. The summed E-state index contributed by atoms with van der Waals surface area (Å²) in [4.78, 5) is 27.1. The van der Waals surface area contributed by atoms with Crippen LogP contribution in [-0.4, -0.2) is 23.8 Å². The first-order valence-corrected chi connectivity index (χ1v) is 8.24. The average molecular weight is 340 g/mol. The molecule has 0 radical (unpaired) electrons. The molecule has 1 aromatic carbocycles. The maximum Gasteiger partial charge on any atom is 0.291 e. The summed E-state index contributed by atoms with van der Waals surface area (Å²) in [7, 11) is 1.77. The number of hydrogen-bond donors (Lipinski definition) is 1. The third-order valence-corrected chi connectivity index (χ3v) is 4.32. The number of carbonyl (C=O) groups is 2. The van der Waals surface area contributed by atoms with Gasteiger partial charge >= 0.3 is 0 Å². The van der Waals surface area contributed by atoms with Crippen molar-refractivity contribution in [1.29, 1.82) is 0 Å². The number of carbonyl (C=O) groups excluding carboxylic acids is 2. The van der Waals surface area contributed by atoms with Crippen LogP contribution in [0.2, 0.25) is 0 Å². The molecule has 0 aliphatic heterocycles. The number of rotatable bonds is 5. The van der Waals surface area contributed by atoms with Crippen LogP contribution in [0.3, 0.4) is 0 Å². The number of hydrogen-bond acceptors (Lipinski definition) is 4. The van der Waals surface area contributed by atoms with Crippen molar-refractivity contribution >= 4 is 28.8 Å². The van der Waals surface area contributed by atoms with E-state index < -0.39 is 0 Å². The molecule has 0 fully saturated rings. The van der Waals surface area contributed by atoms with Crippen LogP contribution in [-0.2, 0) is 6.54 Å². The number of nitrogens with one attached hydrogen (secondary N) is 1. The number of nitrogens with zero attached hydrogens (tertiary/aromatic N) is 1. The summed E-state index contributed by atoms with van der Waals surface area (Å²) in [5.74, 6) is -0.146. The standard InChI is InChI=1S/C18H16N2O3S/c1-20(12-15-4-3-11-24-15)18(22)13-6-8-14(9-7-13)19-17(21)16-5-2-10-23-16/h2-11H,12H2,1H3,(H,19,21). The van der Waals surface area contributed by atoms with Gasteiger partial charge in [-0.25, -0.2) is 0 Å². The second-order valence-corrected chi connectivity index (χ2v) is 6.28. The number of amides is 2. The zero-order valence-corrected chi connectivity index (χ0v) is 13.9. The zero-order chi connectivity index (χ0) is 16.9. The van der Waals surface area contributed by atoms with Gasteiger partial charge in [0.25, 0.3) is 11.8 Å². The first-order valence-electron chi connectivity index (χ1n) is 7.36. The summed E-state index contributed by atoms with van der Waals surface area (Å²) in [5.41, 5.74) is 1.18. The average Bonchev–Trinajstić information content (AvgIpc) is 3.28. The van der Waals surface area contributed by atoms with Gasteiger partial charge in [-0.3, -0.25) is 9.59 Å². The van der Waals surface area contributed by atoms with Crippen molar-refractivity contribution in [2.24, 2.45) is 0 Å². The highest BCUT2D eigenvalue weighted by molar-refractivity contribution is 7.09. The quantitative estimate of drug-likeness (QED) is 0.767. The molecule has 0 bridgehead atoms. The number of furan rings is 1. The lowest BCUT2D eigenvalue weighted by Crippen LogP contribution is -2.25. The van der Waals surface area contributed by atoms with E-state index in [1.54, 1.807) is 59.7 Å². The highest BCUT2D eigenvalue weighted by Crippen LogP contribution is 2.15. The minimum absolute atomic E-state index is 0.0627. The highest BCUT2D eigenvalue weighted by atomic mass is 32.1. The molecule has 0 spiro atoms. The van der Waals surface area contributed by atoms with E-state index in [4.69, 9.17) is 4.42 Å². The van der Waals surface area contributed by atoms with Crippen molar-refractivity contribution < 1.29 is 14.0 Å². The maximum atomic E-state index is 12.4. The van der Waals surface area contributed by atoms with E-state index in [0.29, 0.717) is 17.8 Å². The van der Waals surface area contributed by atoms with Gasteiger partial charge in [0, 0.05) is 23.2 Å². The lowest BCUT2D eigenvalue weighted by molar-refractivity contribution is 0.0786. The fourth-order valence-electron chi connectivity index (χ4n) is 2.23. The van der Waals surface area contributed by atoms with Gasteiger partial charge in [0.1, 0.15) is 0 Å². The fourth-order valence-corrected chi connectivity index (χ4v) is 2.98. The van der Waals surface area contributed by atoms with Crippen LogP contribution in [0.1, 0.15) is 25.8 Å². The van der Waals surface area contributed by atoms with Crippen molar-refractivity contribution in [3.05, 3.63) is 76.4 Å². The van der Waals surface area contributed by atoms with Gasteiger partial charge in [-0.1, -0.05) is 6.07 Å². The lowest BCUT2D eigenvalue weighted by Gasteiger charge is -2.16. The fraction of sp³-hybridized carbons (Fsp3) is 0.111. The molecule has 0 aliphatic rings. The van der Waals surface area contributed by atoms with E-state index in [9.17, 15) is 9.59 Å². The molecule has 3 rings (SSSR count). The van der Waals surface area contributed by atoms with E-state index in [0.717, 1.165) is 4.88 Å². The van der Waals surface area contributed by atoms with Crippen molar-refractivity contribution in [1.82, 2.24) is 4.90 Å². The predicted molar refractivity (Wildman–Crippen MR) is 93.2 cm³/mol. The van der Waals surface area contributed by atoms with Crippen molar-refractivity contribution in [3.8, 4) is 0 Å². The summed E-state index contributed by atoms with van der Waals surface area (Å²) in [5, 5.41) is 4.71. The molecule has 2 amide bonds. The first kappa shape index (κ1) is 16.0. The molecular weight excluding hydrogens is 324 g/mol. The molecule has 0 saturated heterocycles. The summed E-state index contributed by atoms with van der Waals surface area (Å²) < 4.78 is 5.04. The topological polar surface area (TPSA) is 62.6 Å². The normalized spacial score (nSPS) is 10.4. The van der Waals surface area contributed by atoms with Crippen LogP contribution >= 0.6 is 11.3 Å². The molecule has 2 aromatic heterocycles. The number of thiophene rings is 1. The molecule has 122 valence electrons. The van der Waals surface area contributed by atoms with Gasteiger partial charge in [-0.05, 0) is 47.8 Å². The Morgan fingerprint density at radius 2 is 1.92 bits per heavy atom. The van der Waals surface area contributed by atoms with E-state index in [1.165, 1.54) is 6.26 Å². The van der Waals surface area contributed by atoms with Gasteiger partial charge in [0.15, 0.2) is 5.76 Å². The predicted octanol–water partition coefficient (Wildman–Crippen LogP) is 3.87. The number of anilines is 1. The van der Waals surface area contributed by atoms with E-state index in [1.807, 2.05) is 17.5 Å². The molecule has 0 atom stereocenters. The second kappa shape index (κ2) is 7.14. The zero-order valence-electron chi connectivity index (χ0n) is 13.1. The molecule has 6 heteroatoms. The summed E-state index contributed by atoms with van der Waals surface area (Å²) >= 11 is 1.62. The largest absolute Gasteiger partial charge is 0.459 e. The van der Waals surface area contributed by atoms with Gasteiger partial charge in [-0.15, -0.1) is 11.3 Å². The monoisotopic (exact) mass is 340 g/mol. The Kier molecular flexibility index (Phi) is 4.77. The molecule has 1 N–H and O–H groups in total. The molecule has 5 nitrogen and oxygen atoms in total. The second-order valence-electron chi connectivity index (χ2n) is 5.25. The summed E-state index contributed by atoms with van der Waals surface area (Å²) in [6.45, 7) is 0.577. The van der Waals surface area contributed by atoms with Crippen LogP contribution in [0.4, 0.5) is 5.69 Å².